The van der Waals surface area contributed by atoms with Crippen LogP contribution in [0.5, 0.6) is 0 Å². The van der Waals surface area contributed by atoms with Crippen LogP contribution in [0.25, 0.3) is 16.9 Å². The van der Waals surface area contributed by atoms with Crippen LogP contribution in [0, 0.1) is 11.3 Å². The van der Waals surface area contributed by atoms with E-state index in [2.05, 4.69) is 21.1 Å². The second kappa shape index (κ2) is 5.76. The molecule has 21 heavy (non-hydrogen) atoms. The average molecular weight is 313 g/mol. The van der Waals surface area contributed by atoms with Crippen molar-refractivity contribution in [2.45, 2.75) is 10.1 Å². The summed E-state index contributed by atoms with van der Waals surface area (Å²) in [7, 11) is 0. The number of pyridine rings is 1. The van der Waals surface area contributed by atoms with Crippen LogP contribution in [-0.4, -0.2) is 32.1 Å². The first-order valence-corrected chi connectivity index (χ1v) is 8.55. The summed E-state index contributed by atoms with van der Waals surface area (Å²) < 4.78 is 1.74. The molecule has 0 bridgehead atoms. The van der Waals surface area contributed by atoms with Gasteiger partial charge in [-0.2, -0.15) is 10.4 Å². The van der Waals surface area contributed by atoms with E-state index in [9.17, 15) is 5.26 Å². The maximum atomic E-state index is 9.39. The van der Waals surface area contributed by atoms with Crippen molar-refractivity contribution >= 4 is 29.2 Å². The Labute approximate surface area is 130 Å². The van der Waals surface area contributed by atoms with Crippen LogP contribution in [0.4, 0.5) is 0 Å². The van der Waals surface area contributed by atoms with Crippen molar-refractivity contribution in [2.75, 3.05) is 12.5 Å². The molecule has 0 saturated heterocycles. The van der Waals surface area contributed by atoms with E-state index in [1.165, 1.54) is 11.8 Å². The van der Waals surface area contributed by atoms with Gasteiger partial charge in [0.05, 0.1) is 5.69 Å². The molecule has 3 aromatic rings. The van der Waals surface area contributed by atoms with Crippen LogP contribution >= 0.6 is 23.5 Å². The van der Waals surface area contributed by atoms with Gasteiger partial charge in [0, 0.05) is 18.0 Å². The van der Waals surface area contributed by atoms with Gasteiger partial charge in [-0.25, -0.2) is 9.50 Å². The minimum Gasteiger partial charge on any atom is -0.265 e. The highest BCUT2D eigenvalue weighted by molar-refractivity contribution is 7.98. The summed E-state index contributed by atoms with van der Waals surface area (Å²) in [5.74, 6) is 0. The van der Waals surface area contributed by atoms with Crippen LogP contribution in [-0.2, 0) is 0 Å². The lowest BCUT2D eigenvalue weighted by Crippen LogP contribution is -1.98. The Balaban J connectivity index is 2.39. The molecule has 7 heteroatoms. The average Bonchev–Trinajstić information content (AvgIpc) is 2.92. The molecule has 0 aromatic carbocycles. The maximum Gasteiger partial charge on any atom is 0.175 e. The maximum absolute atomic E-state index is 9.39. The van der Waals surface area contributed by atoms with Crippen molar-refractivity contribution < 1.29 is 0 Å². The number of hydrogen-bond acceptors (Lipinski definition) is 6. The van der Waals surface area contributed by atoms with Gasteiger partial charge in [0.25, 0.3) is 0 Å². The Hall–Kier alpha value is -2.04. The molecule has 3 rings (SSSR count). The third-order valence-corrected chi connectivity index (χ3v) is 4.32. The third kappa shape index (κ3) is 2.37. The number of hydrogen-bond donors (Lipinski definition) is 0. The summed E-state index contributed by atoms with van der Waals surface area (Å²) in [6.45, 7) is 0. The number of nitriles is 1. The molecule has 0 saturated carbocycles. The van der Waals surface area contributed by atoms with Gasteiger partial charge in [-0.1, -0.05) is 0 Å². The fourth-order valence-electron chi connectivity index (χ4n) is 2.05. The molecule has 0 aliphatic carbocycles. The number of fused-ring (bicyclic) bond motifs is 1. The molecule has 0 fully saturated rings. The fraction of sp³-hybridized carbons (Fsp3) is 0.143. The number of thioether (sulfide) groups is 2. The number of aromatic nitrogens is 4. The predicted molar refractivity (Wildman–Crippen MR) is 84.5 cm³/mol. The molecule has 3 heterocycles. The highest BCUT2D eigenvalue weighted by Crippen LogP contribution is 2.29. The van der Waals surface area contributed by atoms with E-state index in [4.69, 9.17) is 0 Å². The van der Waals surface area contributed by atoms with E-state index in [1.54, 1.807) is 28.7 Å². The van der Waals surface area contributed by atoms with E-state index in [1.807, 2.05) is 30.7 Å². The van der Waals surface area contributed by atoms with Crippen molar-refractivity contribution in [3.05, 3.63) is 36.2 Å². The van der Waals surface area contributed by atoms with Crippen LogP contribution in [0.2, 0.25) is 0 Å². The molecule has 104 valence electrons. The molecule has 0 unspecified atom stereocenters. The summed E-state index contributed by atoms with van der Waals surface area (Å²) in [4.78, 5) is 8.57. The molecule has 0 amide bonds. The second-order valence-electron chi connectivity index (χ2n) is 4.15. The van der Waals surface area contributed by atoms with Crippen molar-refractivity contribution in [3.63, 3.8) is 0 Å². The predicted octanol–water partition coefficient (Wildman–Crippen LogP) is 3.11. The lowest BCUT2D eigenvalue weighted by molar-refractivity contribution is 0.881. The Kier molecular flexibility index (Phi) is 3.82. The Morgan fingerprint density at radius 2 is 1.95 bits per heavy atom. The van der Waals surface area contributed by atoms with E-state index in [-0.39, 0.29) is 0 Å². The first-order valence-electron chi connectivity index (χ1n) is 6.10. The summed E-state index contributed by atoms with van der Waals surface area (Å²) >= 11 is 2.99. The molecule has 0 spiro atoms. The molecule has 5 nitrogen and oxygen atoms in total. The van der Waals surface area contributed by atoms with Crippen molar-refractivity contribution in [2.24, 2.45) is 0 Å². The molecule has 0 aliphatic heterocycles. The molecular formula is C14H11N5S2. The van der Waals surface area contributed by atoms with Gasteiger partial charge in [-0.05, 0) is 30.7 Å². The first kappa shape index (κ1) is 13.9. The standard InChI is InChI=1S/C14H11N5S2/c1-20-12-7-11(9-3-5-16-6-4-9)19-13(17-12)10(8-15)14(18-19)21-2/h3-7H,1-2H3. The molecule has 0 radical (unpaired) electrons. The van der Waals surface area contributed by atoms with Gasteiger partial charge in [0.15, 0.2) is 5.65 Å². The summed E-state index contributed by atoms with van der Waals surface area (Å²) in [5.41, 5.74) is 3.02. The van der Waals surface area contributed by atoms with Crippen LogP contribution < -0.4 is 0 Å². The highest BCUT2D eigenvalue weighted by Gasteiger charge is 2.17. The summed E-state index contributed by atoms with van der Waals surface area (Å²) in [6, 6.07) is 8.03. The molecule has 0 atom stereocenters. The normalized spacial score (nSPS) is 10.7. The fourth-order valence-corrected chi connectivity index (χ4v) is 2.96. The van der Waals surface area contributed by atoms with Crippen molar-refractivity contribution in [3.8, 4) is 17.3 Å². The number of rotatable bonds is 3. The zero-order valence-corrected chi connectivity index (χ0v) is 13.1. The Morgan fingerprint density at radius 1 is 1.19 bits per heavy atom. The van der Waals surface area contributed by atoms with E-state index >= 15 is 0 Å². The zero-order chi connectivity index (χ0) is 14.8. The van der Waals surface area contributed by atoms with Gasteiger partial charge >= 0.3 is 0 Å². The van der Waals surface area contributed by atoms with Crippen molar-refractivity contribution in [1.82, 2.24) is 19.6 Å². The number of nitrogens with zero attached hydrogens (tertiary/aromatic N) is 5. The topological polar surface area (TPSA) is 66.9 Å². The summed E-state index contributed by atoms with van der Waals surface area (Å²) in [6.07, 6.45) is 7.35. The smallest absolute Gasteiger partial charge is 0.175 e. The third-order valence-electron chi connectivity index (χ3n) is 3.02. The van der Waals surface area contributed by atoms with Crippen LogP contribution in [0.3, 0.4) is 0 Å². The lowest BCUT2D eigenvalue weighted by atomic mass is 10.2. The molecule has 3 aromatic heterocycles. The summed E-state index contributed by atoms with van der Waals surface area (Å²) in [5, 5.41) is 15.5. The minimum atomic E-state index is 0.522. The van der Waals surface area contributed by atoms with Crippen LogP contribution in [0.15, 0.2) is 40.6 Å². The molecule has 0 aliphatic rings. The first-order chi connectivity index (χ1) is 10.3. The van der Waals surface area contributed by atoms with Crippen LogP contribution in [0.1, 0.15) is 5.56 Å². The Bertz CT molecular complexity index is 836. The minimum absolute atomic E-state index is 0.522. The van der Waals surface area contributed by atoms with Gasteiger partial charge in [0.1, 0.15) is 21.7 Å². The second-order valence-corrected chi connectivity index (χ2v) is 5.77. The molecular weight excluding hydrogens is 302 g/mol. The van der Waals surface area contributed by atoms with Crippen molar-refractivity contribution in [1.29, 1.82) is 5.26 Å². The van der Waals surface area contributed by atoms with Gasteiger partial charge in [-0.3, -0.25) is 4.98 Å². The van der Waals surface area contributed by atoms with Gasteiger partial charge in [0.2, 0.25) is 0 Å². The van der Waals surface area contributed by atoms with E-state index in [0.29, 0.717) is 16.2 Å². The lowest BCUT2D eigenvalue weighted by Gasteiger charge is -2.06. The highest BCUT2D eigenvalue weighted by atomic mass is 32.2. The monoisotopic (exact) mass is 313 g/mol. The quantitative estimate of drug-likeness (QED) is 0.547. The van der Waals surface area contributed by atoms with Gasteiger partial charge < -0.3 is 0 Å². The van der Waals surface area contributed by atoms with E-state index < -0.39 is 0 Å². The van der Waals surface area contributed by atoms with Gasteiger partial charge in [-0.15, -0.1) is 23.5 Å². The zero-order valence-electron chi connectivity index (χ0n) is 11.4. The Morgan fingerprint density at radius 3 is 2.57 bits per heavy atom. The largest absolute Gasteiger partial charge is 0.265 e. The SMILES string of the molecule is CSc1cc(-c2ccncc2)n2nc(SC)c(C#N)c2n1. The molecule has 0 N–H and O–H groups in total. The van der Waals surface area contributed by atoms with E-state index in [0.717, 1.165) is 16.3 Å².